The molecular formula is C29H32N2O4. The molecule has 0 spiro atoms. The van der Waals surface area contributed by atoms with E-state index in [1.807, 2.05) is 70.5 Å². The first-order valence-electron chi connectivity index (χ1n) is 12.9. The minimum absolute atomic E-state index is 0.0533. The van der Waals surface area contributed by atoms with Gasteiger partial charge in [0.1, 0.15) is 0 Å². The highest BCUT2D eigenvalue weighted by molar-refractivity contribution is 5.87. The van der Waals surface area contributed by atoms with Crippen molar-refractivity contribution in [2.24, 2.45) is 23.7 Å². The van der Waals surface area contributed by atoms with Crippen LogP contribution in [0.4, 0.5) is 0 Å². The van der Waals surface area contributed by atoms with Crippen LogP contribution in [0.1, 0.15) is 56.7 Å². The molecule has 6 heteroatoms. The molecule has 6 fully saturated rings. The van der Waals surface area contributed by atoms with E-state index < -0.39 is 0 Å². The molecule has 4 saturated heterocycles. The smallest absolute Gasteiger partial charge is 0.228 e. The quantitative estimate of drug-likeness (QED) is 0.654. The van der Waals surface area contributed by atoms with Crippen LogP contribution in [-0.2, 0) is 19.1 Å². The molecule has 2 saturated carbocycles. The van der Waals surface area contributed by atoms with Gasteiger partial charge in [0.25, 0.3) is 0 Å². The van der Waals surface area contributed by atoms with Gasteiger partial charge >= 0.3 is 0 Å². The van der Waals surface area contributed by atoms with Crippen LogP contribution < -0.4 is 0 Å². The van der Waals surface area contributed by atoms with Crippen LogP contribution >= 0.6 is 0 Å². The molecule has 4 heterocycles. The molecule has 2 unspecified atom stereocenters. The van der Waals surface area contributed by atoms with E-state index in [4.69, 9.17) is 9.47 Å². The Morgan fingerprint density at radius 3 is 1.66 bits per heavy atom. The number of nitrogens with zero attached hydrogens (tertiary/aromatic N) is 2. The molecule has 0 N–H and O–H groups in total. The highest BCUT2D eigenvalue weighted by atomic mass is 16.5. The van der Waals surface area contributed by atoms with Gasteiger partial charge in [-0.3, -0.25) is 9.59 Å². The van der Waals surface area contributed by atoms with Crippen LogP contribution in [0.25, 0.3) is 0 Å². The molecule has 8 rings (SSSR count). The minimum atomic E-state index is -0.172. The maximum atomic E-state index is 12.5. The molecular weight excluding hydrogens is 440 g/mol. The molecule has 2 aromatic rings. The topological polar surface area (TPSA) is 59.1 Å². The van der Waals surface area contributed by atoms with Crippen LogP contribution in [0.5, 0.6) is 0 Å². The lowest BCUT2D eigenvalue weighted by molar-refractivity contribution is -0.140. The average molecular weight is 473 g/mol. The third-order valence-electron chi connectivity index (χ3n) is 9.58. The number of benzene rings is 2. The SMILES string of the molecule is C[C@@]12CO[C@@H](c3ccccc3)N1C(=O)[C@@H]1CC12.C[C@@]12CO[C@@H](c3ccccc3)N1C(=O)[C@@H]1CCC12. The highest BCUT2D eigenvalue weighted by Crippen LogP contribution is 2.61. The van der Waals surface area contributed by atoms with Gasteiger partial charge in [0.15, 0.2) is 12.5 Å². The highest BCUT2D eigenvalue weighted by Gasteiger charge is 2.69. The van der Waals surface area contributed by atoms with Crippen molar-refractivity contribution in [2.75, 3.05) is 13.2 Å². The normalized spacial score (nSPS) is 42.0. The van der Waals surface area contributed by atoms with Gasteiger partial charge in [-0.2, -0.15) is 0 Å². The monoisotopic (exact) mass is 472 g/mol. The number of fused-ring (bicyclic) bond motifs is 6. The number of hydrogen-bond acceptors (Lipinski definition) is 4. The molecule has 2 aliphatic carbocycles. The van der Waals surface area contributed by atoms with E-state index in [1.165, 1.54) is 6.42 Å². The third-order valence-corrected chi connectivity index (χ3v) is 9.58. The predicted octanol–water partition coefficient (Wildman–Crippen LogP) is 4.29. The summed E-state index contributed by atoms with van der Waals surface area (Å²) in [5.41, 5.74) is 2.06. The number of amides is 2. The largest absolute Gasteiger partial charge is 0.351 e. The Morgan fingerprint density at radius 1 is 0.686 bits per heavy atom. The lowest BCUT2D eigenvalue weighted by atomic mass is 9.68. The molecule has 2 amide bonds. The van der Waals surface area contributed by atoms with Crippen molar-refractivity contribution in [3.05, 3.63) is 71.8 Å². The maximum absolute atomic E-state index is 12.5. The first kappa shape index (κ1) is 21.6. The lowest BCUT2D eigenvalue weighted by Gasteiger charge is -2.37. The second-order valence-corrected chi connectivity index (χ2v) is 11.5. The summed E-state index contributed by atoms with van der Waals surface area (Å²) in [5, 5.41) is 0. The fraction of sp³-hybridized carbons (Fsp3) is 0.517. The van der Waals surface area contributed by atoms with E-state index in [9.17, 15) is 9.59 Å². The molecule has 2 aromatic carbocycles. The van der Waals surface area contributed by atoms with Crippen molar-refractivity contribution in [1.82, 2.24) is 9.80 Å². The van der Waals surface area contributed by atoms with Crippen molar-refractivity contribution in [3.8, 4) is 0 Å². The number of rotatable bonds is 2. The van der Waals surface area contributed by atoms with Crippen LogP contribution in [0.15, 0.2) is 60.7 Å². The third kappa shape index (κ3) is 2.90. The average Bonchev–Trinajstić information content (AvgIpc) is 3.37. The minimum Gasteiger partial charge on any atom is -0.351 e. The van der Waals surface area contributed by atoms with Gasteiger partial charge in [-0.15, -0.1) is 0 Å². The fourth-order valence-corrected chi connectivity index (χ4v) is 7.40. The number of ether oxygens (including phenoxy) is 2. The van der Waals surface area contributed by atoms with Crippen molar-refractivity contribution >= 4 is 11.8 Å². The Balaban J connectivity index is 0.000000120. The zero-order valence-electron chi connectivity index (χ0n) is 20.3. The molecule has 35 heavy (non-hydrogen) atoms. The zero-order valence-corrected chi connectivity index (χ0v) is 20.3. The summed E-state index contributed by atoms with van der Waals surface area (Å²) >= 11 is 0. The van der Waals surface area contributed by atoms with Crippen LogP contribution in [-0.4, -0.2) is 45.9 Å². The van der Waals surface area contributed by atoms with Gasteiger partial charge in [-0.1, -0.05) is 60.7 Å². The molecule has 182 valence electrons. The number of carbonyl (C=O) groups is 2. The summed E-state index contributed by atoms with van der Waals surface area (Å²) in [5.74, 6) is 2.20. The molecule has 8 atom stereocenters. The standard InChI is InChI=1S/C15H17NO2.C14H15NO2/c1-15-9-18-14(10-5-3-2-4-6-10)16(15)13(17)11-7-8-12(11)15;1-14-8-17-13(9-5-3-2-4-6-9)15(14)12(16)10-7-11(10)14/h2-6,11-12,14H,7-9H2,1H3;2-6,10-11,13H,7-8H2,1H3/t11-,12?,14+,15+;10-,11?,13+,14+/m11/s1. The molecule has 6 aliphatic rings. The van der Waals surface area contributed by atoms with Crippen LogP contribution in [0, 0.1) is 23.7 Å². The van der Waals surface area contributed by atoms with Crippen molar-refractivity contribution in [1.29, 1.82) is 0 Å². The Kier molecular flexibility index (Phi) is 4.56. The maximum Gasteiger partial charge on any atom is 0.228 e. The molecule has 0 bridgehead atoms. The Labute approximate surface area is 206 Å². The second kappa shape index (κ2) is 7.40. The predicted molar refractivity (Wildman–Crippen MR) is 129 cm³/mol. The number of piperidine rings is 1. The zero-order chi connectivity index (χ0) is 23.9. The van der Waals surface area contributed by atoms with Gasteiger partial charge in [0.2, 0.25) is 11.8 Å². The summed E-state index contributed by atoms with van der Waals surface area (Å²) in [6, 6.07) is 20.1. The van der Waals surface area contributed by atoms with Crippen molar-refractivity contribution in [3.63, 3.8) is 0 Å². The summed E-state index contributed by atoms with van der Waals surface area (Å²) in [7, 11) is 0. The molecule has 0 aromatic heterocycles. The Morgan fingerprint density at radius 2 is 1.17 bits per heavy atom. The van der Waals surface area contributed by atoms with Gasteiger partial charge in [-0.05, 0) is 44.9 Å². The van der Waals surface area contributed by atoms with Crippen molar-refractivity contribution < 1.29 is 19.1 Å². The van der Waals surface area contributed by atoms with Gasteiger partial charge in [0.05, 0.1) is 24.3 Å². The van der Waals surface area contributed by atoms with Gasteiger partial charge < -0.3 is 19.3 Å². The van der Waals surface area contributed by atoms with Crippen molar-refractivity contribution in [2.45, 2.75) is 56.6 Å². The summed E-state index contributed by atoms with van der Waals surface area (Å²) in [4.78, 5) is 28.8. The van der Waals surface area contributed by atoms with E-state index in [2.05, 4.69) is 13.8 Å². The summed E-state index contributed by atoms with van der Waals surface area (Å²) < 4.78 is 11.8. The van der Waals surface area contributed by atoms with E-state index in [-0.39, 0.29) is 35.4 Å². The van der Waals surface area contributed by atoms with E-state index in [0.29, 0.717) is 36.9 Å². The number of carbonyl (C=O) groups excluding carboxylic acids is 2. The first-order chi connectivity index (χ1) is 16.9. The van der Waals surface area contributed by atoms with Gasteiger partial charge in [-0.25, -0.2) is 0 Å². The lowest BCUT2D eigenvalue weighted by Crippen LogP contribution is -2.45. The molecule has 6 nitrogen and oxygen atoms in total. The Hall–Kier alpha value is -2.70. The fourth-order valence-electron chi connectivity index (χ4n) is 7.40. The number of hydrogen-bond donors (Lipinski definition) is 0. The summed E-state index contributed by atoms with van der Waals surface area (Å²) in [6.07, 6.45) is 2.97. The van der Waals surface area contributed by atoms with Crippen LogP contribution in [0.3, 0.4) is 0 Å². The Bertz CT molecular complexity index is 1170. The van der Waals surface area contributed by atoms with E-state index in [0.717, 1.165) is 24.0 Å². The van der Waals surface area contributed by atoms with Gasteiger partial charge in [0, 0.05) is 23.0 Å². The van der Waals surface area contributed by atoms with Crippen LogP contribution in [0.2, 0.25) is 0 Å². The molecule has 4 aliphatic heterocycles. The van der Waals surface area contributed by atoms with E-state index >= 15 is 0 Å². The first-order valence-corrected chi connectivity index (χ1v) is 12.9. The second-order valence-electron chi connectivity index (χ2n) is 11.5. The van der Waals surface area contributed by atoms with E-state index in [1.54, 1.807) is 0 Å². The molecule has 0 radical (unpaired) electrons. The summed E-state index contributed by atoms with van der Waals surface area (Å²) in [6.45, 7) is 5.72.